The molecule has 0 saturated carbocycles. The van der Waals surface area contributed by atoms with Crippen molar-refractivity contribution in [2.45, 2.75) is 16.6 Å². The molecule has 2 atom stereocenters. The molecule has 3 aromatic rings. The zero-order valence-electron chi connectivity index (χ0n) is 21.3. The number of benzene rings is 1. The molecule has 0 aliphatic carbocycles. The number of anilines is 1. The van der Waals surface area contributed by atoms with Crippen LogP contribution < -0.4 is 45.7 Å². The Labute approximate surface area is 265 Å². The second-order valence-corrected chi connectivity index (χ2v) is 11.1. The van der Waals surface area contributed by atoms with Crippen LogP contribution in [0.1, 0.15) is 5.69 Å². The molecule has 5 rings (SSSR count). The maximum Gasteiger partial charge on any atom is 1.00 e. The number of oxime groups is 1. The molecule has 2 aliphatic rings. The van der Waals surface area contributed by atoms with Gasteiger partial charge in [-0.1, -0.05) is 16.9 Å². The van der Waals surface area contributed by atoms with E-state index in [9.17, 15) is 29.7 Å². The van der Waals surface area contributed by atoms with E-state index in [1.54, 1.807) is 0 Å². The molecule has 1 aromatic carbocycles. The number of nitrogen functional groups attached to an aromatic ring is 1. The summed E-state index contributed by atoms with van der Waals surface area (Å²) in [6.07, 6.45) is 0. The Hall–Kier alpha value is -3.29. The number of phenolic OH excluding ortho intramolecular Hbond substituents is 2. The Bertz CT molecular complexity index is 1580. The number of nitrogens with two attached hydrogens (primary N) is 1. The largest absolute Gasteiger partial charge is 1.00 e. The number of thiazole rings is 1. The number of fused-ring (bicyclic) bond motifs is 1. The Morgan fingerprint density at radius 2 is 2.12 bits per heavy atom. The molecule has 0 radical (unpaired) electrons. The third-order valence-electron chi connectivity index (χ3n) is 5.69. The average Bonchev–Trinajstić information content (AvgIpc) is 3.59. The molecular formula is C22H18N7NaO8S3. The van der Waals surface area contributed by atoms with Gasteiger partial charge in [-0.25, -0.2) is 4.98 Å². The number of carboxylic acid groups (broad SMARTS) is 1. The van der Waals surface area contributed by atoms with Crippen molar-refractivity contribution >= 4 is 63.5 Å². The number of hydrogen-bond acceptors (Lipinski definition) is 16. The number of rotatable bonds is 9. The van der Waals surface area contributed by atoms with Crippen LogP contribution in [0.5, 0.6) is 11.5 Å². The van der Waals surface area contributed by atoms with Crippen molar-refractivity contribution in [2.24, 2.45) is 5.16 Å². The van der Waals surface area contributed by atoms with Gasteiger partial charge < -0.3 is 40.4 Å². The van der Waals surface area contributed by atoms with E-state index in [2.05, 4.69) is 25.7 Å². The van der Waals surface area contributed by atoms with Gasteiger partial charge in [0.1, 0.15) is 24.2 Å². The standard InChI is InChI=1S/C22H19N7O8S3.Na/c1-36-28-13(10-7-39-21(23)24-10)16(32)25-14-18(33)29-15(20(34)35)9(5-38-19(14)29)6-40-22-27-26-17(37-22)8-2-3-11(30)12(31)4-8;/h2-4,7,14,19,30-31H,5-6H2,1H3,(H2,23,24)(H,25,32)(H,34,35);/q;+1/p-1/t14-,19-;/m1./s1. The van der Waals surface area contributed by atoms with Gasteiger partial charge in [-0.3, -0.25) is 14.5 Å². The first-order chi connectivity index (χ1) is 19.2. The summed E-state index contributed by atoms with van der Waals surface area (Å²) < 4.78 is 5.57. The number of carboxylic acids is 1. The third-order valence-corrected chi connectivity index (χ3v) is 8.61. The number of aliphatic carboxylic acids is 1. The van der Waals surface area contributed by atoms with Gasteiger partial charge >= 0.3 is 29.6 Å². The predicted octanol–water partition coefficient (Wildman–Crippen LogP) is -3.26. The van der Waals surface area contributed by atoms with Crippen LogP contribution in [-0.2, 0) is 19.2 Å². The number of thioether (sulfide) groups is 2. The minimum atomic E-state index is -1.54. The van der Waals surface area contributed by atoms with Crippen LogP contribution in [0.2, 0.25) is 0 Å². The second kappa shape index (κ2) is 12.7. The predicted molar refractivity (Wildman–Crippen MR) is 141 cm³/mol. The van der Waals surface area contributed by atoms with Crippen molar-refractivity contribution in [2.75, 3.05) is 24.3 Å². The fourth-order valence-corrected chi connectivity index (χ4v) is 6.67. The number of hydrogen-bond donors (Lipinski definition) is 4. The number of nitrogens with zero attached hydrogens (tertiary/aromatic N) is 5. The van der Waals surface area contributed by atoms with Gasteiger partial charge in [0.2, 0.25) is 5.89 Å². The quantitative estimate of drug-likeness (QED) is 0.0456. The summed E-state index contributed by atoms with van der Waals surface area (Å²) in [5.41, 5.74) is 6.10. The van der Waals surface area contributed by atoms with E-state index in [0.29, 0.717) is 11.1 Å². The van der Waals surface area contributed by atoms with Crippen molar-refractivity contribution in [1.29, 1.82) is 0 Å². The first kappa shape index (κ1) is 30.7. The van der Waals surface area contributed by atoms with Crippen molar-refractivity contribution in [3.8, 4) is 23.0 Å². The molecule has 5 N–H and O–H groups in total. The van der Waals surface area contributed by atoms with E-state index in [1.165, 1.54) is 42.5 Å². The fourth-order valence-electron chi connectivity index (χ4n) is 3.87. The Morgan fingerprint density at radius 3 is 2.78 bits per heavy atom. The number of carbonyl (C=O) groups is 3. The van der Waals surface area contributed by atoms with Crippen molar-refractivity contribution in [1.82, 2.24) is 25.4 Å². The minimum Gasteiger partial charge on any atom is -0.543 e. The number of phenols is 2. The molecule has 1 fully saturated rings. The van der Waals surface area contributed by atoms with Crippen molar-refractivity contribution < 1.29 is 68.5 Å². The Balaban J connectivity index is 0.00000387. The smallest absolute Gasteiger partial charge is 0.543 e. The molecule has 1 saturated heterocycles. The second-order valence-electron chi connectivity index (χ2n) is 8.16. The first-order valence-electron chi connectivity index (χ1n) is 11.2. The maximum absolute atomic E-state index is 13.0. The maximum atomic E-state index is 13.0. The molecule has 2 amide bonds. The monoisotopic (exact) mass is 627 g/mol. The Morgan fingerprint density at radius 1 is 1.34 bits per heavy atom. The zero-order chi connectivity index (χ0) is 28.6. The van der Waals surface area contributed by atoms with Crippen LogP contribution in [0.3, 0.4) is 0 Å². The normalized spacial score (nSPS) is 18.3. The topological polar surface area (TPSA) is 229 Å². The summed E-state index contributed by atoms with van der Waals surface area (Å²) >= 11 is 3.42. The molecule has 4 heterocycles. The molecule has 2 aliphatic heterocycles. The van der Waals surface area contributed by atoms with Crippen LogP contribution in [0, 0.1) is 0 Å². The zero-order valence-corrected chi connectivity index (χ0v) is 25.7. The van der Waals surface area contributed by atoms with Crippen molar-refractivity contribution in [3.05, 3.63) is 40.5 Å². The van der Waals surface area contributed by atoms with Crippen LogP contribution >= 0.6 is 34.9 Å². The fraction of sp³-hybridized carbons (Fsp3) is 0.227. The van der Waals surface area contributed by atoms with E-state index in [0.717, 1.165) is 28.0 Å². The minimum absolute atomic E-state index is 0. The summed E-state index contributed by atoms with van der Waals surface area (Å²) in [6.45, 7) is 0. The van der Waals surface area contributed by atoms with Crippen LogP contribution in [-0.4, -0.2) is 83.8 Å². The van der Waals surface area contributed by atoms with Gasteiger partial charge in [0.05, 0.1) is 11.7 Å². The molecule has 15 nitrogen and oxygen atoms in total. The molecule has 0 bridgehead atoms. The number of carbonyl (C=O) groups excluding carboxylic acids is 3. The van der Waals surface area contributed by atoms with Gasteiger partial charge in [0.25, 0.3) is 17.0 Å². The first-order valence-corrected chi connectivity index (χ1v) is 14.1. The number of nitrogens with one attached hydrogen (secondary N) is 1. The average molecular weight is 628 g/mol. The molecule has 0 unspecified atom stereocenters. The summed E-state index contributed by atoms with van der Waals surface area (Å²) in [7, 11) is 1.25. The summed E-state index contributed by atoms with van der Waals surface area (Å²) in [4.78, 5) is 47.7. The molecule has 0 spiro atoms. The van der Waals surface area contributed by atoms with Gasteiger partial charge in [-0.05, 0) is 23.8 Å². The van der Waals surface area contributed by atoms with E-state index in [4.69, 9.17) is 15.0 Å². The Kier molecular flexibility index (Phi) is 9.50. The van der Waals surface area contributed by atoms with Crippen LogP contribution in [0.25, 0.3) is 11.5 Å². The van der Waals surface area contributed by atoms with Gasteiger partial charge in [-0.15, -0.1) is 33.3 Å². The number of aromatic hydroxyl groups is 2. The van der Waals surface area contributed by atoms with Crippen LogP contribution in [0.4, 0.5) is 5.13 Å². The summed E-state index contributed by atoms with van der Waals surface area (Å²) in [5, 5.41) is 46.4. The molecule has 208 valence electrons. The van der Waals surface area contributed by atoms with Crippen molar-refractivity contribution in [3.63, 3.8) is 0 Å². The molecular weight excluding hydrogens is 609 g/mol. The van der Waals surface area contributed by atoms with Gasteiger partial charge in [-0.2, -0.15) is 0 Å². The summed E-state index contributed by atoms with van der Waals surface area (Å²) in [6, 6.07) is 2.99. The summed E-state index contributed by atoms with van der Waals surface area (Å²) in [5.74, 6) is -3.15. The number of aromatic nitrogens is 3. The van der Waals surface area contributed by atoms with Gasteiger partial charge in [0, 0.05) is 22.4 Å². The SMILES string of the molecule is CON=C(C(=O)N[C@@H]1C(=O)N2C(C(=O)[O-])=C(CSc3nnc(-c4ccc(O)c(O)c4)o3)CS[C@H]12)c1csc(N)n1.[Na+]. The van der Waals surface area contributed by atoms with E-state index < -0.39 is 29.2 Å². The van der Waals surface area contributed by atoms with E-state index >= 15 is 0 Å². The van der Waals surface area contributed by atoms with Crippen LogP contribution in [0.15, 0.2) is 49.6 Å². The van der Waals surface area contributed by atoms with Gasteiger partial charge in [0.15, 0.2) is 22.3 Å². The third kappa shape index (κ3) is 6.16. The number of β-lactam (4-membered cyclic amide) rings is 1. The molecule has 19 heteroatoms. The number of amides is 2. The van der Waals surface area contributed by atoms with E-state index in [-0.39, 0.29) is 85.9 Å². The molecule has 41 heavy (non-hydrogen) atoms. The van der Waals surface area contributed by atoms with E-state index in [1.807, 2.05) is 0 Å². The molecule has 2 aromatic heterocycles.